The van der Waals surface area contributed by atoms with Crippen LogP contribution in [0.3, 0.4) is 0 Å². The van der Waals surface area contributed by atoms with Gasteiger partial charge in [-0.3, -0.25) is 0 Å². The lowest BCUT2D eigenvalue weighted by atomic mass is 9.97. The minimum absolute atomic E-state index is 0. The maximum Gasteiger partial charge on any atom is 0.141 e. The average Bonchev–Trinajstić information content (AvgIpc) is 2.68. The summed E-state index contributed by atoms with van der Waals surface area (Å²) in [7, 11) is 0. The van der Waals surface area contributed by atoms with Crippen molar-refractivity contribution in [2.75, 3.05) is 18.0 Å². The van der Waals surface area contributed by atoms with Crippen LogP contribution in [-0.2, 0) is 12.8 Å². The molecule has 1 aliphatic heterocycles. The quantitative estimate of drug-likeness (QED) is 0.780. The SMILES string of the molecule is Cl.c1nc(N2CCCCCC2)c2c3c(sc2n1)CCCC3. The fraction of sp³-hybridized carbons (Fsp3) is 0.625. The van der Waals surface area contributed by atoms with Gasteiger partial charge in [-0.2, -0.15) is 0 Å². The Balaban J connectivity index is 0.00000132. The van der Waals surface area contributed by atoms with E-state index in [-0.39, 0.29) is 12.4 Å². The zero-order chi connectivity index (χ0) is 13.4. The molecule has 2 aliphatic rings. The molecule has 114 valence electrons. The number of rotatable bonds is 1. The van der Waals surface area contributed by atoms with Crippen molar-refractivity contribution >= 4 is 39.8 Å². The van der Waals surface area contributed by atoms with E-state index in [0.717, 1.165) is 13.1 Å². The molecule has 0 spiro atoms. The van der Waals surface area contributed by atoms with E-state index in [4.69, 9.17) is 0 Å². The van der Waals surface area contributed by atoms with E-state index in [2.05, 4.69) is 14.9 Å². The highest BCUT2D eigenvalue weighted by Gasteiger charge is 2.22. The predicted molar refractivity (Wildman–Crippen MR) is 92.0 cm³/mol. The molecule has 4 rings (SSSR count). The Morgan fingerprint density at radius 1 is 0.905 bits per heavy atom. The van der Waals surface area contributed by atoms with Gasteiger partial charge in [0.15, 0.2) is 0 Å². The lowest BCUT2D eigenvalue weighted by molar-refractivity contribution is 0.699. The molecule has 0 saturated carbocycles. The van der Waals surface area contributed by atoms with E-state index < -0.39 is 0 Å². The van der Waals surface area contributed by atoms with Gasteiger partial charge in [-0.15, -0.1) is 23.7 Å². The summed E-state index contributed by atoms with van der Waals surface area (Å²) in [5.74, 6) is 1.22. The van der Waals surface area contributed by atoms with Crippen LogP contribution in [0.2, 0.25) is 0 Å². The van der Waals surface area contributed by atoms with Gasteiger partial charge < -0.3 is 4.90 Å². The summed E-state index contributed by atoms with van der Waals surface area (Å²) < 4.78 is 0. The first-order valence-corrected chi connectivity index (χ1v) is 8.75. The second-order valence-electron chi connectivity index (χ2n) is 5.99. The Bertz CT molecular complexity index is 617. The molecule has 2 aromatic heterocycles. The fourth-order valence-corrected chi connectivity index (χ4v) is 4.82. The van der Waals surface area contributed by atoms with Gasteiger partial charge in [0.2, 0.25) is 0 Å². The molecule has 0 unspecified atom stereocenters. The van der Waals surface area contributed by atoms with Gasteiger partial charge in [0, 0.05) is 18.0 Å². The number of nitrogens with zero attached hydrogens (tertiary/aromatic N) is 3. The molecule has 0 radical (unpaired) electrons. The fourth-order valence-electron chi connectivity index (χ4n) is 3.60. The third-order valence-corrected chi connectivity index (χ3v) is 5.84. The molecule has 3 heterocycles. The zero-order valence-corrected chi connectivity index (χ0v) is 13.9. The van der Waals surface area contributed by atoms with Crippen molar-refractivity contribution in [2.45, 2.75) is 51.4 Å². The molecule has 0 aromatic carbocycles. The summed E-state index contributed by atoms with van der Waals surface area (Å²) in [6.45, 7) is 2.33. The number of hydrogen-bond acceptors (Lipinski definition) is 4. The van der Waals surface area contributed by atoms with Crippen LogP contribution >= 0.6 is 23.7 Å². The van der Waals surface area contributed by atoms with E-state index in [1.807, 2.05) is 11.3 Å². The van der Waals surface area contributed by atoms with Crippen LogP contribution in [0, 0.1) is 0 Å². The molecule has 1 aliphatic carbocycles. The van der Waals surface area contributed by atoms with E-state index >= 15 is 0 Å². The summed E-state index contributed by atoms with van der Waals surface area (Å²) in [5, 5.41) is 1.38. The van der Waals surface area contributed by atoms with Gasteiger partial charge in [-0.1, -0.05) is 12.8 Å². The van der Waals surface area contributed by atoms with Gasteiger partial charge in [-0.05, 0) is 44.1 Å². The number of aromatic nitrogens is 2. The van der Waals surface area contributed by atoms with E-state index in [1.54, 1.807) is 16.8 Å². The third-order valence-electron chi connectivity index (χ3n) is 4.64. The summed E-state index contributed by atoms with van der Waals surface area (Å²) in [6, 6.07) is 0. The van der Waals surface area contributed by atoms with Gasteiger partial charge >= 0.3 is 0 Å². The largest absolute Gasteiger partial charge is 0.356 e. The minimum atomic E-state index is 0. The number of anilines is 1. The van der Waals surface area contributed by atoms with Crippen molar-refractivity contribution in [3.63, 3.8) is 0 Å². The van der Waals surface area contributed by atoms with Crippen LogP contribution in [0.1, 0.15) is 49.0 Å². The van der Waals surface area contributed by atoms with Crippen LogP contribution in [0.15, 0.2) is 6.33 Å². The summed E-state index contributed by atoms with van der Waals surface area (Å²) >= 11 is 1.91. The van der Waals surface area contributed by atoms with Crippen LogP contribution in [0.25, 0.3) is 10.2 Å². The Kier molecular flexibility index (Phi) is 4.65. The highest BCUT2D eigenvalue weighted by molar-refractivity contribution is 7.19. The molecule has 21 heavy (non-hydrogen) atoms. The van der Waals surface area contributed by atoms with Crippen molar-refractivity contribution in [3.05, 3.63) is 16.8 Å². The van der Waals surface area contributed by atoms with Crippen LogP contribution in [0.5, 0.6) is 0 Å². The molecule has 0 amide bonds. The number of halogens is 1. The second kappa shape index (κ2) is 6.49. The van der Waals surface area contributed by atoms with Crippen molar-refractivity contribution in [1.82, 2.24) is 9.97 Å². The third kappa shape index (κ3) is 2.76. The van der Waals surface area contributed by atoms with Crippen molar-refractivity contribution in [2.24, 2.45) is 0 Å². The zero-order valence-electron chi connectivity index (χ0n) is 12.3. The summed E-state index contributed by atoms with van der Waals surface area (Å²) in [5.41, 5.74) is 1.57. The number of hydrogen-bond donors (Lipinski definition) is 0. The normalized spacial score (nSPS) is 19.0. The standard InChI is InChI=1S/C16H21N3S.ClH/c1-2-6-10-19(9-5-1)15-14-12-7-3-4-8-13(12)20-16(14)18-11-17-15;/h11H,1-10H2;1H. The molecule has 1 saturated heterocycles. The maximum atomic E-state index is 4.67. The van der Waals surface area contributed by atoms with Crippen molar-refractivity contribution < 1.29 is 0 Å². The molecule has 2 aromatic rings. The van der Waals surface area contributed by atoms with E-state index in [9.17, 15) is 0 Å². The number of aryl methyl sites for hydroxylation is 2. The Morgan fingerprint density at radius 3 is 2.48 bits per heavy atom. The second-order valence-corrected chi connectivity index (χ2v) is 7.07. The number of thiophene rings is 1. The summed E-state index contributed by atoms with van der Waals surface area (Å²) in [6.07, 6.45) is 12.2. The molecule has 1 fully saturated rings. The first-order valence-electron chi connectivity index (χ1n) is 7.94. The smallest absolute Gasteiger partial charge is 0.141 e. The van der Waals surface area contributed by atoms with Crippen molar-refractivity contribution in [1.29, 1.82) is 0 Å². The monoisotopic (exact) mass is 323 g/mol. The highest BCUT2D eigenvalue weighted by Crippen LogP contribution is 2.39. The van der Waals surface area contributed by atoms with E-state index in [0.29, 0.717) is 0 Å². The first-order chi connectivity index (χ1) is 9.93. The lowest BCUT2D eigenvalue weighted by Crippen LogP contribution is -2.25. The molecular formula is C16H22ClN3S. The van der Waals surface area contributed by atoms with Gasteiger partial charge in [0.25, 0.3) is 0 Å². The van der Waals surface area contributed by atoms with Gasteiger partial charge in [0.05, 0.1) is 5.39 Å². The molecule has 0 N–H and O–H groups in total. The Morgan fingerprint density at radius 2 is 1.67 bits per heavy atom. The molecule has 3 nitrogen and oxygen atoms in total. The Labute approximate surface area is 136 Å². The summed E-state index contributed by atoms with van der Waals surface area (Å²) in [4.78, 5) is 14.5. The molecule has 5 heteroatoms. The topological polar surface area (TPSA) is 29.0 Å². The molecule has 0 bridgehead atoms. The van der Waals surface area contributed by atoms with Crippen LogP contribution in [-0.4, -0.2) is 23.1 Å². The highest BCUT2D eigenvalue weighted by atomic mass is 35.5. The Hall–Kier alpha value is -0.870. The minimum Gasteiger partial charge on any atom is -0.356 e. The molecule has 0 atom stereocenters. The predicted octanol–water partition coefficient (Wildman–Crippen LogP) is 4.37. The van der Waals surface area contributed by atoms with Crippen LogP contribution < -0.4 is 4.90 Å². The maximum absolute atomic E-state index is 4.67. The van der Waals surface area contributed by atoms with Crippen LogP contribution in [0.4, 0.5) is 5.82 Å². The van der Waals surface area contributed by atoms with Gasteiger partial charge in [-0.25, -0.2) is 9.97 Å². The van der Waals surface area contributed by atoms with Gasteiger partial charge in [0.1, 0.15) is 17.0 Å². The average molecular weight is 324 g/mol. The lowest BCUT2D eigenvalue weighted by Gasteiger charge is -2.23. The molecular weight excluding hydrogens is 302 g/mol. The van der Waals surface area contributed by atoms with Crippen molar-refractivity contribution in [3.8, 4) is 0 Å². The number of fused-ring (bicyclic) bond motifs is 3. The first kappa shape index (κ1) is 15.0. The van der Waals surface area contributed by atoms with E-state index in [1.165, 1.54) is 67.4 Å².